The maximum absolute atomic E-state index is 12.1. The van der Waals surface area contributed by atoms with Crippen LogP contribution in [0.5, 0.6) is 0 Å². The van der Waals surface area contributed by atoms with E-state index in [2.05, 4.69) is 5.32 Å². The van der Waals surface area contributed by atoms with Crippen LogP contribution in [0.2, 0.25) is 0 Å². The molecule has 7 nitrogen and oxygen atoms in total. The lowest BCUT2D eigenvalue weighted by Crippen LogP contribution is -2.48. The van der Waals surface area contributed by atoms with E-state index in [1.165, 1.54) is 10.8 Å². The van der Waals surface area contributed by atoms with E-state index in [9.17, 15) is 14.4 Å². The topological polar surface area (TPSA) is 96.9 Å². The Kier molecular flexibility index (Phi) is 5.08. The lowest BCUT2D eigenvalue weighted by Gasteiger charge is -2.24. The fourth-order valence-corrected chi connectivity index (χ4v) is 1.75. The number of amides is 1. The molecule has 0 aliphatic carbocycles. The minimum Gasteiger partial charge on any atom is -0.350 e. The van der Waals surface area contributed by atoms with Crippen molar-refractivity contribution in [3.63, 3.8) is 0 Å². The number of nitrogens with zero attached hydrogens (tertiary/aromatic N) is 3. The van der Waals surface area contributed by atoms with Gasteiger partial charge in [-0.3, -0.25) is 14.2 Å². The average molecular weight is 292 g/mol. The summed E-state index contributed by atoms with van der Waals surface area (Å²) < 4.78 is 2.03. The van der Waals surface area contributed by atoms with Crippen LogP contribution in [0.3, 0.4) is 0 Å². The number of rotatable bonds is 5. The molecule has 0 aliphatic rings. The zero-order valence-electron chi connectivity index (χ0n) is 12.8. The molecule has 0 saturated carbocycles. The Bertz CT molecular complexity index is 692. The quantitative estimate of drug-likeness (QED) is 0.838. The molecule has 7 heteroatoms. The van der Waals surface area contributed by atoms with Gasteiger partial charge >= 0.3 is 5.69 Å². The first-order valence-electron chi connectivity index (χ1n) is 6.81. The zero-order chi connectivity index (χ0) is 16.2. The zero-order valence-corrected chi connectivity index (χ0v) is 12.8. The van der Waals surface area contributed by atoms with Gasteiger partial charge in [-0.25, -0.2) is 9.36 Å². The van der Waals surface area contributed by atoms with E-state index in [4.69, 9.17) is 5.26 Å². The van der Waals surface area contributed by atoms with E-state index >= 15 is 0 Å². The second kappa shape index (κ2) is 6.39. The van der Waals surface area contributed by atoms with Crippen molar-refractivity contribution in [3.8, 4) is 6.07 Å². The minimum atomic E-state index is -0.739. The molecule has 0 fully saturated rings. The van der Waals surface area contributed by atoms with Crippen molar-refractivity contribution in [1.82, 2.24) is 14.5 Å². The van der Waals surface area contributed by atoms with Crippen molar-refractivity contribution in [1.29, 1.82) is 5.26 Å². The number of carbonyl (C=O) groups excluding carboxylic acids is 1. The van der Waals surface area contributed by atoms with Crippen LogP contribution in [-0.4, -0.2) is 20.6 Å². The summed E-state index contributed by atoms with van der Waals surface area (Å²) in [6.45, 7) is 7.27. The molecular weight excluding hydrogens is 272 g/mol. The van der Waals surface area contributed by atoms with Gasteiger partial charge in [-0.15, -0.1) is 0 Å². The fourth-order valence-electron chi connectivity index (χ4n) is 1.75. The number of aryl methyl sites for hydroxylation is 1. The molecule has 0 atom stereocenters. The Morgan fingerprint density at radius 2 is 2.00 bits per heavy atom. The van der Waals surface area contributed by atoms with Crippen LogP contribution in [-0.2, 0) is 17.9 Å². The Morgan fingerprint density at radius 3 is 2.48 bits per heavy atom. The first kappa shape index (κ1) is 16.7. The molecule has 0 saturated heterocycles. The molecule has 21 heavy (non-hydrogen) atoms. The highest BCUT2D eigenvalue weighted by atomic mass is 16.2. The van der Waals surface area contributed by atoms with E-state index < -0.39 is 29.2 Å². The third kappa shape index (κ3) is 3.81. The number of carbonyl (C=O) groups is 1. The normalized spacial score (nSPS) is 11.0. The molecule has 1 rings (SSSR count). The average Bonchev–Trinajstić information content (AvgIpc) is 2.43. The van der Waals surface area contributed by atoms with Gasteiger partial charge in [0.05, 0.1) is 0 Å². The SMILES string of the molecule is CCn1cc(C#N)c(=O)n(CC(=O)NC(C)(C)CC)c1=O. The molecule has 0 aromatic carbocycles. The molecule has 1 aromatic rings. The molecule has 1 N–H and O–H groups in total. The van der Waals surface area contributed by atoms with Gasteiger partial charge in [0.25, 0.3) is 5.56 Å². The predicted molar refractivity (Wildman–Crippen MR) is 77.9 cm³/mol. The van der Waals surface area contributed by atoms with Crippen LogP contribution in [0.25, 0.3) is 0 Å². The maximum Gasteiger partial charge on any atom is 0.331 e. The highest BCUT2D eigenvalue weighted by molar-refractivity contribution is 5.76. The van der Waals surface area contributed by atoms with Gasteiger partial charge in [0.2, 0.25) is 5.91 Å². The Balaban J connectivity index is 3.21. The van der Waals surface area contributed by atoms with E-state index in [-0.39, 0.29) is 5.56 Å². The lowest BCUT2D eigenvalue weighted by atomic mass is 10.0. The van der Waals surface area contributed by atoms with Crippen LogP contribution in [0, 0.1) is 11.3 Å². The van der Waals surface area contributed by atoms with Gasteiger partial charge in [0, 0.05) is 18.3 Å². The van der Waals surface area contributed by atoms with Crippen LogP contribution in [0.1, 0.15) is 39.7 Å². The van der Waals surface area contributed by atoms with Gasteiger partial charge in [-0.2, -0.15) is 5.26 Å². The third-order valence-corrected chi connectivity index (χ3v) is 3.36. The summed E-state index contributed by atoms with van der Waals surface area (Å²) >= 11 is 0. The van der Waals surface area contributed by atoms with Crippen molar-refractivity contribution >= 4 is 5.91 Å². The number of nitrogens with one attached hydrogen (secondary N) is 1. The smallest absolute Gasteiger partial charge is 0.331 e. The Labute approximate surface area is 122 Å². The fraction of sp³-hybridized carbons (Fsp3) is 0.571. The highest BCUT2D eigenvalue weighted by Gasteiger charge is 2.20. The minimum absolute atomic E-state index is 0.154. The van der Waals surface area contributed by atoms with E-state index in [0.29, 0.717) is 13.0 Å². The van der Waals surface area contributed by atoms with Crippen molar-refractivity contribution in [2.75, 3.05) is 0 Å². The lowest BCUT2D eigenvalue weighted by molar-refractivity contribution is -0.123. The first-order chi connectivity index (χ1) is 9.75. The standard InChI is InChI=1S/C14H20N4O3/c1-5-14(3,4)16-11(19)9-18-12(20)10(7-15)8-17(6-2)13(18)21/h8H,5-6,9H2,1-4H3,(H,16,19). The molecule has 114 valence electrons. The number of hydrogen-bond donors (Lipinski definition) is 1. The van der Waals surface area contributed by atoms with Crippen molar-refractivity contribution in [3.05, 3.63) is 32.6 Å². The van der Waals surface area contributed by atoms with Crippen LogP contribution in [0.4, 0.5) is 0 Å². The largest absolute Gasteiger partial charge is 0.350 e. The molecule has 1 amide bonds. The predicted octanol–water partition coefficient (Wildman–Crippen LogP) is 0.206. The van der Waals surface area contributed by atoms with Gasteiger partial charge in [0.15, 0.2) is 0 Å². The Hall–Kier alpha value is -2.36. The summed E-state index contributed by atoms with van der Waals surface area (Å²) in [5, 5.41) is 11.7. The van der Waals surface area contributed by atoms with Crippen LogP contribution < -0.4 is 16.6 Å². The maximum atomic E-state index is 12.1. The number of aromatic nitrogens is 2. The summed E-state index contributed by atoms with van der Waals surface area (Å²) in [4.78, 5) is 36.1. The molecule has 0 unspecified atom stereocenters. The summed E-state index contributed by atoms with van der Waals surface area (Å²) in [5.74, 6) is -0.432. The third-order valence-electron chi connectivity index (χ3n) is 3.36. The molecule has 1 heterocycles. The van der Waals surface area contributed by atoms with Crippen LogP contribution in [0.15, 0.2) is 15.8 Å². The molecule has 1 aromatic heterocycles. The molecule has 0 spiro atoms. The van der Waals surface area contributed by atoms with Crippen LogP contribution >= 0.6 is 0 Å². The molecule has 0 bridgehead atoms. The molecule has 0 radical (unpaired) electrons. The van der Waals surface area contributed by atoms with Gasteiger partial charge in [0.1, 0.15) is 18.2 Å². The summed E-state index contributed by atoms with van der Waals surface area (Å²) in [7, 11) is 0. The number of hydrogen-bond acceptors (Lipinski definition) is 4. The molecule has 0 aliphatic heterocycles. The second-order valence-electron chi connectivity index (χ2n) is 5.40. The van der Waals surface area contributed by atoms with Gasteiger partial charge in [-0.1, -0.05) is 6.92 Å². The summed E-state index contributed by atoms with van der Waals surface area (Å²) in [5.41, 5.74) is -1.90. The van der Waals surface area contributed by atoms with Crippen molar-refractivity contribution in [2.45, 2.75) is 52.7 Å². The summed E-state index contributed by atoms with van der Waals surface area (Å²) in [6, 6.07) is 1.75. The van der Waals surface area contributed by atoms with Gasteiger partial charge in [-0.05, 0) is 27.2 Å². The number of nitriles is 1. The first-order valence-corrected chi connectivity index (χ1v) is 6.81. The van der Waals surface area contributed by atoms with Crippen molar-refractivity contribution < 1.29 is 4.79 Å². The summed E-state index contributed by atoms with van der Waals surface area (Å²) in [6.07, 6.45) is 1.93. The second-order valence-corrected chi connectivity index (χ2v) is 5.40. The Morgan fingerprint density at radius 1 is 1.38 bits per heavy atom. The van der Waals surface area contributed by atoms with E-state index in [1.54, 1.807) is 13.0 Å². The highest BCUT2D eigenvalue weighted by Crippen LogP contribution is 2.06. The van der Waals surface area contributed by atoms with Crippen molar-refractivity contribution in [2.24, 2.45) is 0 Å². The molecular formula is C14H20N4O3. The van der Waals surface area contributed by atoms with Gasteiger partial charge < -0.3 is 5.32 Å². The van der Waals surface area contributed by atoms with E-state index in [0.717, 1.165) is 4.57 Å². The van der Waals surface area contributed by atoms with E-state index in [1.807, 2.05) is 20.8 Å². The monoisotopic (exact) mass is 292 g/mol.